The summed E-state index contributed by atoms with van der Waals surface area (Å²) < 4.78 is 20.6. The Kier molecular flexibility index (Phi) is 5.26. The molecular formula is C24H23FN4O. The van der Waals surface area contributed by atoms with E-state index >= 15 is 0 Å². The van der Waals surface area contributed by atoms with E-state index in [0.29, 0.717) is 11.5 Å². The third-order valence-electron chi connectivity index (χ3n) is 5.63. The summed E-state index contributed by atoms with van der Waals surface area (Å²) in [5.74, 6) is 0.231. The predicted molar refractivity (Wildman–Crippen MR) is 116 cm³/mol. The van der Waals surface area contributed by atoms with Crippen molar-refractivity contribution in [3.05, 3.63) is 71.6 Å². The number of nitrogens with one attached hydrogen (secondary N) is 2. The predicted octanol–water partition coefficient (Wildman–Crippen LogP) is 4.30. The maximum Gasteiger partial charge on any atom is 0.251 e. The Morgan fingerprint density at radius 1 is 0.733 bits per heavy atom. The van der Waals surface area contributed by atoms with Crippen molar-refractivity contribution in [2.24, 2.45) is 0 Å². The first kappa shape index (κ1) is 18.9. The van der Waals surface area contributed by atoms with E-state index in [9.17, 15) is 4.39 Å². The van der Waals surface area contributed by atoms with E-state index in [4.69, 9.17) is 4.42 Å². The lowest BCUT2D eigenvalue weighted by Crippen LogP contribution is -2.20. The van der Waals surface area contributed by atoms with Crippen LogP contribution in [0.3, 0.4) is 0 Å². The molecule has 0 saturated carbocycles. The lowest BCUT2D eigenvalue weighted by molar-refractivity contribution is 0.570. The topological polar surface area (TPSA) is 63.0 Å². The van der Waals surface area contributed by atoms with Gasteiger partial charge in [0.05, 0.1) is 5.56 Å². The molecule has 1 aromatic heterocycles. The molecular weight excluding hydrogens is 379 g/mol. The van der Waals surface area contributed by atoms with Crippen molar-refractivity contribution < 1.29 is 8.81 Å². The average molecular weight is 402 g/mol. The minimum Gasteiger partial charge on any atom is -0.416 e. The van der Waals surface area contributed by atoms with Gasteiger partial charge in [0.2, 0.25) is 5.89 Å². The molecule has 2 N–H and O–H groups in total. The number of hydrogen-bond acceptors (Lipinski definition) is 5. The molecule has 0 fully saturated rings. The van der Waals surface area contributed by atoms with Crippen molar-refractivity contribution in [3.8, 4) is 22.9 Å². The van der Waals surface area contributed by atoms with Gasteiger partial charge in [-0.1, -0.05) is 30.4 Å². The number of aromatic nitrogens is 2. The van der Waals surface area contributed by atoms with Gasteiger partial charge < -0.3 is 15.1 Å². The van der Waals surface area contributed by atoms with Crippen LogP contribution in [0.15, 0.2) is 59.0 Å². The summed E-state index contributed by atoms with van der Waals surface area (Å²) in [7, 11) is 0. The zero-order chi connectivity index (χ0) is 20.3. The highest BCUT2D eigenvalue weighted by Gasteiger charge is 2.16. The Balaban J connectivity index is 1.37. The highest BCUT2D eigenvalue weighted by atomic mass is 19.1. The van der Waals surface area contributed by atoms with Crippen molar-refractivity contribution in [3.63, 3.8) is 0 Å². The van der Waals surface area contributed by atoms with Gasteiger partial charge in [0, 0.05) is 18.7 Å². The van der Waals surface area contributed by atoms with E-state index in [2.05, 4.69) is 45.1 Å². The molecule has 0 aliphatic carbocycles. The second-order valence-electron chi connectivity index (χ2n) is 7.55. The van der Waals surface area contributed by atoms with Gasteiger partial charge in [-0.3, -0.25) is 0 Å². The zero-order valence-electron chi connectivity index (χ0n) is 16.6. The van der Waals surface area contributed by atoms with Crippen LogP contribution in [0.1, 0.15) is 24.0 Å². The second-order valence-corrected chi connectivity index (χ2v) is 7.55. The summed E-state index contributed by atoms with van der Waals surface area (Å²) in [6.07, 6.45) is 6.24. The fourth-order valence-corrected chi connectivity index (χ4v) is 3.93. The van der Waals surface area contributed by atoms with Crippen LogP contribution in [-0.4, -0.2) is 36.4 Å². The standard InChI is InChI=1S/C24H23FN4O/c25-22-15-20(18-9-13-27-14-10-18)5-6-21(22)24-29-28-23(30-24)19-3-1-16(2-4-19)17-7-11-26-12-8-17/h1-7,9,15,26-27H,8,10-14H2. The van der Waals surface area contributed by atoms with Crippen LogP contribution in [0, 0.1) is 5.82 Å². The first-order valence-corrected chi connectivity index (χ1v) is 10.3. The minimum atomic E-state index is -0.352. The average Bonchev–Trinajstić information content (AvgIpc) is 3.30. The number of benzene rings is 2. The van der Waals surface area contributed by atoms with Crippen LogP contribution in [0.5, 0.6) is 0 Å². The molecule has 0 unspecified atom stereocenters. The Bertz CT molecular complexity index is 1110. The van der Waals surface area contributed by atoms with Gasteiger partial charge in [-0.05, 0) is 72.5 Å². The zero-order valence-corrected chi connectivity index (χ0v) is 16.6. The van der Waals surface area contributed by atoms with Gasteiger partial charge in [-0.15, -0.1) is 10.2 Å². The fraction of sp³-hybridized carbons (Fsp3) is 0.250. The Morgan fingerprint density at radius 3 is 1.97 bits per heavy atom. The van der Waals surface area contributed by atoms with Gasteiger partial charge in [0.15, 0.2) is 0 Å². The molecule has 3 aromatic rings. The maximum atomic E-state index is 14.8. The summed E-state index contributed by atoms with van der Waals surface area (Å²) in [5, 5.41) is 14.8. The number of hydrogen-bond donors (Lipinski definition) is 2. The normalized spacial score (nSPS) is 16.8. The molecule has 2 aliphatic rings. The fourth-order valence-electron chi connectivity index (χ4n) is 3.93. The van der Waals surface area contributed by atoms with E-state index in [1.54, 1.807) is 12.1 Å². The van der Waals surface area contributed by atoms with Crippen molar-refractivity contribution in [1.82, 2.24) is 20.8 Å². The molecule has 0 radical (unpaired) electrons. The molecule has 0 spiro atoms. The van der Waals surface area contributed by atoms with Gasteiger partial charge in [0.25, 0.3) is 5.89 Å². The van der Waals surface area contributed by atoms with Crippen LogP contribution < -0.4 is 10.6 Å². The van der Waals surface area contributed by atoms with Crippen LogP contribution >= 0.6 is 0 Å². The second kappa shape index (κ2) is 8.34. The highest BCUT2D eigenvalue weighted by molar-refractivity contribution is 5.71. The lowest BCUT2D eigenvalue weighted by Gasteiger charge is -2.14. The quantitative estimate of drug-likeness (QED) is 0.681. The summed E-state index contributed by atoms with van der Waals surface area (Å²) in [4.78, 5) is 0. The molecule has 0 amide bonds. The molecule has 5 rings (SSSR count). The van der Waals surface area contributed by atoms with Crippen molar-refractivity contribution >= 4 is 11.1 Å². The van der Waals surface area contributed by atoms with E-state index in [-0.39, 0.29) is 11.7 Å². The minimum absolute atomic E-state index is 0.193. The number of nitrogens with zero attached hydrogens (tertiary/aromatic N) is 2. The molecule has 0 bridgehead atoms. The third-order valence-corrected chi connectivity index (χ3v) is 5.63. The third kappa shape index (κ3) is 3.84. The smallest absolute Gasteiger partial charge is 0.251 e. The highest BCUT2D eigenvalue weighted by Crippen LogP contribution is 2.30. The monoisotopic (exact) mass is 402 g/mol. The van der Waals surface area contributed by atoms with Crippen molar-refractivity contribution in [2.75, 3.05) is 26.2 Å². The molecule has 0 atom stereocenters. The molecule has 152 valence electrons. The van der Waals surface area contributed by atoms with Gasteiger partial charge in [-0.25, -0.2) is 4.39 Å². The van der Waals surface area contributed by atoms with Crippen molar-refractivity contribution in [1.29, 1.82) is 0 Å². The van der Waals surface area contributed by atoms with E-state index < -0.39 is 0 Å². The Labute approximate surface area is 174 Å². The van der Waals surface area contributed by atoms with E-state index in [0.717, 1.165) is 55.7 Å². The Morgan fingerprint density at radius 2 is 1.33 bits per heavy atom. The largest absolute Gasteiger partial charge is 0.416 e. The van der Waals surface area contributed by atoms with Crippen molar-refractivity contribution in [2.45, 2.75) is 12.8 Å². The summed E-state index contributed by atoms with van der Waals surface area (Å²) >= 11 is 0. The number of rotatable bonds is 4. The van der Waals surface area contributed by atoms with Gasteiger partial charge in [-0.2, -0.15) is 0 Å². The van der Waals surface area contributed by atoms with Crippen LogP contribution in [0.4, 0.5) is 4.39 Å². The summed E-state index contributed by atoms with van der Waals surface area (Å²) in [5.41, 5.74) is 5.76. The summed E-state index contributed by atoms with van der Waals surface area (Å²) in [6.45, 7) is 3.63. The van der Waals surface area contributed by atoms with E-state index in [1.807, 2.05) is 18.2 Å². The molecule has 2 aliphatic heterocycles. The first-order chi connectivity index (χ1) is 14.8. The molecule has 5 nitrogen and oxygen atoms in total. The summed E-state index contributed by atoms with van der Waals surface area (Å²) in [6, 6.07) is 13.3. The lowest BCUT2D eigenvalue weighted by atomic mass is 9.99. The first-order valence-electron chi connectivity index (χ1n) is 10.3. The van der Waals surface area contributed by atoms with Crippen LogP contribution in [-0.2, 0) is 0 Å². The van der Waals surface area contributed by atoms with Gasteiger partial charge >= 0.3 is 0 Å². The van der Waals surface area contributed by atoms with Crippen LogP contribution in [0.25, 0.3) is 34.1 Å². The Hall–Kier alpha value is -3.09. The SMILES string of the molecule is Fc1cc(C2=CCNCC2)ccc1-c1nnc(-c2ccc(C3=CCNCC3)cc2)o1. The molecule has 0 saturated heterocycles. The maximum absolute atomic E-state index is 14.8. The number of halogens is 1. The molecule has 6 heteroatoms. The molecule has 30 heavy (non-hydrogen) atoms. The van der Waals surface area contributed by atoms with E-state index in [1.165, 1.54) is 11.1 Å². The molecule has 2 aromatic carbocycles. The molecule has 3 heterocycles. The van der Waals surface area contributed by atoms with Crippen LogP contribution in [0.2, 0.25) is 0 Å². The van der Waals surface area contributed by atoms with Gasteiger partial charge in [0.1, 0.15) is 5.82 Å².